The van der Waals surface area contributed by atoms with E-state index in [1.54, 1.807) is 7.11 Å². The molecule has 1 heterocycles. The Morgan fingerprint density at radius 2 is 2.18 bits per heavy atom. The second kappa shape index (κ2) is 4.79. The Morgan fingerprint density at radius 1 is 1.41 bits per heavy atom. The zero-order valence-corrected chi connectivity index (χ0v) is 9.76. The number of rotatable bonds is 4. The van der Waals surface area contributed by atoms with E-state index in [0.717, 1.165) is 12.5 Å². The van der Waals surface area contributed by atoms with Crippen molar-refractivity contribution < 1.29 is 13.5 Å². The lowest BCUT2D eigenvalue weighted by Crippen LogP contribution is -2.06. The second-order valence-electron chi connectivity index (χ2n) is 4.03. The lowest BCUT2D eigenvalue weighted by atomic mass is 10.2. The van der Waals surface area contributed by atoms with E-state index < -0.39 is 11.6 Å². The number of benzene rings is 1. The SMILES string of the molecule is COC(C)CCc1nc2c(F)c(F)ccc2[nH]1. The monoisotopic (exact) mass is 240 g/mol. The smallest absolute Gasteiger partial charge is 0.186 e. The molecule has 0 saturated carbocycles. The van der Waals surface area contributed by atoms with Crippen LogP contribution in [0.3, 0.4) is 0 Å². The maximum Gasteiger partial charge on any atom is 0.186 e. The molecule has 1 N–H and O–H groups in total. The third kappa shape index (κ3) is 2.44. The van der Waals surface area contributed by atoms with Gasteiger partial charge in [-0.25, -0.2) is 13.8 Å². The van der Waals surface area contributed by atoms with Gasteiger partial charge in [0.05, 0.1) is 11.6 Å². The molecule has 17 heavy (non-hydrogen) atoms. The van der Waals surface area contributed by atoms with Crippen LogP contribution in [-0.2, 0) is 11.2 Å². The van der Waals surface area contributed by atoms with Crippen molar-refractivity contribution in [2.24, 2.45) is 0 Å². The van der Waals surface area contributed by atoms with Crippen molar-refractivity contribution in [2.75, 3.05) is 7.11 Å². The van der Waals surface area contributed by atoms with E-state index in [1.165, 1.54) is 6.07 Å². The minimum Gasteiger partial charge on any atom is -0.382 e. The van der Waals surface area contributed by atoms with Crippen molar-refractivity contribution >= 4 is 11.0 Å². The fraction of sp³-hybridized carbons (Fsp3) is 0.417. The predicted molar refractivity (Wildman–Crippen MR) is 60.8 cm³/mol. The zero-order chi connectivity index (χ0) is 12.4. The molecule has 1 unspecified atom stereocenters. The van der Waals surface area contributed by atoms with Crippen LogP contribution in [0.25, 0.3) is 11.0 Å². The highest BCUT2D eigenvalue weighted by atomic mass is 19.2. The summed E-state index contributed by atoms with van der Waals surface area (Å²) in [7, 11) is 1.64. The number of aromatic nitrogens is 2. The van der Waals surface area contributed by atoms with Crippen LogP contribution in [-0.4, -0.2) is 23.2 Å². The number of hydrogen-bond donors (Lipinski definition) is 1. The largest absolute Gasteiger partial charge is 0.382 e. The number of hydrogen-bond acceptors (Lipinski definition) is 2. The summed E-state index contributed by atoms with van der Waals surface area (Å²) in [6.45, 7) is 1.95. The molecule has 0 bridgehead atoms. The van der Waals surface area contributed by atoms with Gasteiger partial charge in [0.15, 0.2) is 11.6 Å². The van der Waals surface area contributed by atoms with Crippen LogP contribution < -0.4 is 0 Å². The highest BCUT2D eigenvalue weighted by molar-refractivity contribution is 5.75. The fourth-order valence-electron chi connectivity index (χ4n) is 1.64. The van der Waals surface area contributed by atoms with E-state index in [2.05, 4.69) is 9.97 Å². The third-order valence-electron chi connectivity index (χ3n) is 2.78. The number of fused-ring (bicyclic) bond motifs is 1. The summed E-state index contributed by atoms with van der Waals surface area (Å²) >= 11 is 0. The fourth-order valence-corrected chi connectivity index (χ4v) is 1.64. The number of nitrogens with zero attached hydrogens (tertiary/aromatic N) is 1. The standard InChI is InChI=1S/C12H14F2N2O/c1-7(17-2)3-6-10-15-9-5-4-8(13)11(14)12(9)16-10/h4-5,7H,3,6H2,1-2H3,(H,15,16). The summed E-state index contributed by atoms with van der Waals surface area (Å²) < 4.78 is 31.5. The number of H-pyrrole nitrogens is 1. The number of halogens is 2. The first kappa shape index (κ1) is 12.0. The molecule has 92 valence electrons. The average Bonchev–Trinajstić information content (AvgIpc) is 2.75. The van der Waals surface area contributed by atoms with Crippen molar-refractivity contribution in [1.82, 2.24) is 9.97 Å². The topological polar surface area (TPSA) is 37.9 Å². The zero-order valence-electron chi connectivity index (χ0n) is 9.76. The van der Waals surface area contributed by atoms with E-state index in [1.807, 2.05) is 6.92 Å². The average molecular weight is 240 g/mol. The molecule has 1 atom stereocenters. The molecule has 0 aliphatic carbocycles. The molecule has 0 amide bonds. The van der Waals surface area contributed by atoms with Crippen LogP contribution in [0.2, 0.25) is 0 Å². The van der Waals surface area contributed by atoms with Crippen LogP contribution in [0.15, 0.2) is 12.1 Å². The highest BCUT2D eigenvalue weighted by Crippen LogP contribution is 2.18. The molecule has 5 heteroatoms. The number of methoxy groups -OCH3 is 1. The quantitative estimate of drug-likeness (QED) is 0.892. The Balaban J connectivity index is 2.23. The summed E-state index contributed by atoms with van der Waals surface area (Å²) in [5.74, 6) is -1.13. The van der Waals surface area contributed by atoms with E-state index in [-0.39, 0.29) is 11.6 Å². The number of aromatic amines is 1. The first-order chi connectivity index (χ1) is 8.11. The van der Waals surface area contributed by atoms with Crippen molar-refractivity contribution in [3.8, 4) is 0 Å². The molecular weight excluding hydrogens is 226 g/mol. The van der Waals surface area contributed by atoms with Gasteiger partial charge in [0.2, 0.25) is 0 Å². The summed E-state index contributed by atoms with van der Waals surface area (Å²) in [6, 6.07) is 2.58. The maximum atomic E-state index is 13.4. The summed E-state index contributed by atoms with van der Waals surface area (Å²) in [5.41, 5.74) is 0.578. The Morgan fingerprint density at radius 3 is 2.88 bits per heavy atom. The van der Waals surface area contributed by atoms with E-state index in [0.29, 0.717) is 17.8 Å². The lowest BCUT2D eigenvalue weighted by Gasteiger charge is -2.06. The van der Waals surface area contributed by atoms with E-state index in [9.17, 15) is 8.78 Å². The molecule has 0 radical (unpaired) electrons. The Hall–Kier alpha value is -1.49. The maximum absolute atomic E-state index is 13.4. The molecule has 0 spiro atoms. The molecule has 0 saturated heterocycles. The molecule has 0 fully saturated rings. The number of imidazole rings is 1. The first-order valence-electron chi connectivity index (χ1n) is 5.47. The van der Waals surface area contributed by atoms with E-state index >= 15 is 0 Å². The minimum atomic E-state index is -0.898. The molecule has 3 nitrogen and oxygen atoms in total. The van der Waals surface area contributed by atoms with Crippen LogP contribution in [0.4, 0.5) is 8.78 Å². The molecule has 1 aromatic carbocycles. The van der Waals surface area contributed by atoms with Crippen LogP contribution in [0.1, 0.15) is 19.2 Å². The van der Waals surface area contributed by atoms with E-state index in [4.69, 9.17) is 4.74 Å². The minimum absolute atomic E-state index is 0.0602. The number of nitrogens with one attached hydrogen (secondary N) is 1. The summed E-state index contributed by atoms with van der Waals surface area (Å²) in [4.78, 5) is 7.02. The van der Waals surface area contributed by atoms with Crippen LogP contribution in [0, 0.1) is 11.6 Å². The van der Waals surface area contributed by atoms with Gasteiger partial charge >= 0.3 is 0 Å². The normalized spacial score (nSPS) is 13.2. The van der Waals surface area contributed by atoms with Gasteiger partial charge in [-0.05, 0) is 25.5 Å². The van der Waals surface area contributed by atoms with Crippen molar-refractivity contribution in [3.05, 3.63) is 29.6 Å². The molecule has 2 aromatic rings. The molecule has 0 aliphatic rings. The molecule has 0 aliphatic heterocycles. The van der Waals surface area contributed by atoms with Gasteiger partial charge in [-0.15, -0.1) is 0 Å². The number of ether oxygens (including phenoxy) is 1. The Bertz CT molecular complexity index is 524. The predicted octanol–water partition coefficient (Wildman–Crippen LogP) is 2.81. The van der Waals surface area contributed by atoms with Crippen LogP contribution >= 0.6 is 0 Å². The lowest BCUT2D eigenvalue weighted by molar-refractivity contribution is 0.111. The molecule has 1 aromatic heterocycles. The van der Waals surface area contributed by atoms with Crippen molar-refractivity contribution in [2.45, 2.75) is 25.9 Å². The second-order valence-corrected chi connectivity index (χ2v) is 4.03. The Labute approximate surface area is 97.8 Å². The first-order valence-corrected chi connectivity index (χ1v) is 5.47. The van der Waals surface area contributed by atoms with Crippen molar-refractivity contribution in [1.29, 1.82) is 0 Å². The molecule has 2 rings (SSSR count). The van der Waals surface area contributed by atoms with Gasteiger partial charge in [0.25, 0.3) is 0 Å². The van der Waals surface area contributed by atoms with Gasteiger partial charge in [0, 0.05) is 13.5 Å². The third-order valence-corrected chi connectivity index (χ3v) is 2.78. The van der Waals surface area contributed by atoms with Crippen molar-refractivity contribution in [3.63, 3.8) is 0 Å². The summed E-state index contributed by atoms with van der Waals surface area (Å²) in [6.07, 6.45) is 1.54. The summed E-state index contributed by atoms with van der Waals surface area (Å²) in [5, 5.41) is 0. The van der Waals surface area contributed by atoms with Gasteiger partial charge in [0.1, 0.15) is 11.3 Å². The Kier molecular flexibility index (Phi) is 3.38. The highest BCUT2D eigenvalue weighted by Gasteiger charge is 2.12. The van der Waals surface area contributed by atoms with Gasteiger partial charge in [-0.1, -0.05) is 0 Å². The van der Waals surface area contributed by atoms with Gasteiger partial charge in [-0.2, -0.15) is 0 Å². The molecular formula is C12H14F2N2O. The number of aryl methyl sites for hydroxylation is 1. The van der Waals surface area contributed by atoms with Gasteiger partial charge < -0.3 is 9.72 Å². The van der Waals surface area contributed by atoms with Crippen LogP contribution in [0.5, 0.6) is 0 Å². The van der Waals surface area contributed by atoms with Gasteiger partial charge in [-0.3, -0.25) is 0 Å².